The number of aromatic nitrogens is 5. The molecule has 4 heterocycles. The Bertz CT molecular complexity index is 3100. The van der Waals surface area contributed by atoms with E-state index in [0.717, 1.165) is 27.9 Å². The Morgan fingerprint density at radius 2 is 0.846 bits per heavy atom. The van der Waals surface area contributed by atoms with Gasteiger partial charge < -0.3 is 8.97 Å². The van der Waals surface area contributed by atoms with Gasteiger partial charge in [0.05, 0.1) is 27.6 Å². The van der Waals surface area contributed by atoms with Crippen LogP contribution in [-0.4, -0.2) is 23.9 Å². The van der Waals surface area contributed by atoms with Gasteiger partial charge in [0.1, 0.15) is 0 Å². The van der Waals surface area contributed by atoms with Crippen molar-refractivity contribution in [3.63, 3.8) is 0 Å². The van der Waals surface area contributed by atoms with Gasteiger partial charge in [-0.1, -0.05) is 127 Å². The number of fused-ring (bicyclic) bond motifs is 12. The van der Waals surface area contributed by atoms with Crippen molar-refractivity contribution in [1.29, 1.82) is 0 Å². The van der Waals surface area contributed by atoms with E-state index in [1.807, 2.05) is 60.7 Å². The molecule has 0 aliphatic heterocycles. The van der Waals surface area contributed by atoms with Crippen LogP contribution >= 0.6 is 0 Å². The zero-order valence-electron chi connectivity index (χ0n) is 28.0. The van der Waals surface area contributed by atoms with Gasteiger partial charge in [0.2, 0.25) is 0 Å². The number of rotatable bonds is 4. The molecule has 4 aromatic heterocycles. The lowest BCUT2D eigenvalue weighted by molar-refractivity contribution is 1.07. The van der Waals surface area contributed by atoms with Gasteiger partial charge in [-0.25, -0.2) is 15.0 Å². The molecule has 0 bridgehead atoms. The van der Waals surface area contributed by atoms with Crippen LogP contribution in [0.4, 0.5) is 0 Å². The van der Waals surface area contributed by atoms with Crippen LogP contribution in [-0.2, 0) is 0 Å². The molecule has 5 heteroatoms. The fourth-order valence-corrected chi connectivity index (χ4v) is 8.00. The lowest BCUT2D eigenvalue weighted by atomic mass is 10.0. The number of benzene rings is 7. The van der Waals surface area contributed by atoms with Crippen molar-refractivity contribution in [3.05, 3.63) is 176 Å². The standard InChI is InChI=1S/C47H29N5/c1-3-13-30(14-4-1)45-48-46(31-15-5-2-6-16-31)50-47(49-45)32-23-25-34(26-24-32)51-40-21-11-9-19-36(40)38-28-27-37-35-18-8-12-22-41(35)52-39-20-10-7-17-33(39)29-42(52)43(37)44(38)51/h1-29H. The summed E-state index contributed by atoms with van der Waals surface area (Å²) in [7, 11) is 0. The molecule has 0 unspecified atom stereocenters. The second-order valence-electron chi connectivity index (χ2n) is 13.3. The SMILES string of the molecule is c1ccc(-c2nc(-c3ccccc3)nc(-c3ccc(-n4c5ccccc5c5ccc6c7ccccc7n7c8ccccc8cc7c6c54)cc3)n2)cc1. The number of para-hydroxylation sites is 3. The highest BCUT2D eigenvalue weighted by Gasteiger charge is 2.20. The Hall–Kier alpha value is -7.11. The van der Waals surface area contributed by atoms with Gasteiger partial charge in [-0.3, -0.25) is 0 Å². The number of pyridine rings is 1. The Kier molecular flexibility index (Phi) is 6.18. The molecule has 0 N–H and O–H groups in total. The van der Waals surface area contributed by atoms with Gasteiger partial charge in [0, 0.05) is 49.3 Å². The number of hydrogen-bond acceptors (Lipinski definition) is 3. The summed E-state index contributed by atoms with van der Waals surface area (Å²) in [5.74, 6) is 1.94. The highest BCUT2D eigenvalue weighted by Crippen LogP contribution is 2.42. The Morgan fingerprint density at radius 1 is 0.346 bits per heavy atom. The third-order valence-corrected chi connectivity index (χ3v) is 10.3. The first kappa shape index (κ1) is 28.7. The predicted molar refractivity (Wildman–Crippen MR) is 214 cm³/mol. The maximum Gasteiger partial charge on any atom is 0.164 e. The lowest BCUT2D eigenvalue weighted by Gasteiger charge is -2.14. The van der Waals surface area contributed by atoms with Crippen LogP contribution in [0.25, 0.3) is 99.8 Å². The molecule has 0 amide bonds. The summed E-state index contributed by atoms with van der Waals surface area (Å²) in [5.41, 5.74) is 9.89. The third-order valence-electron chi connectivity index (χ3n) is 10.3. The smallest absolute Gasteiger partial charge is 0.164 e. The molecule has 11 rings (SSSR count). The molecule has 11 aromatic rings. The molecule has 0 spiro atoms. The van der Waals surface area contributed by atoms with Crippen molar-refractivity contribution < 1.29 is 0 Å². The maximum atomic E-state index is 4.98. The summed E-state index contributed by atoms with van der Waals surface area (Å²) in [6, 6.07) is 62.0. The molecule has 0 saturated carbocycles. The third kappa shape index (κ3) is 4.26. The summed E-state index contributed by atoms with van der Waals surface area (Å²) in [5, 5.41) is 7.40. The van der Waals surface area contributed by atoms with Gasteiger partial charge >= 0.3 is 0 Å². The molecule has 0 atom stereocenters. The molecular weight excluding hydrogens is 635 g/mol. The zero-order valence-corrected chi connectivity index (χ0v) is 28.0. The van der Waals surface area contributed by atoms with E-state index in [1.54, 1.807) is 0 Å². The minimum absolute atomic E-state index is 0.639. The first-order valence-corrected chi connectivity index (χ1v) is 17.5. The highest BCUT2D eigenvalue weighted by atomic mass is 15.0. The van der Waals surface area contributed by atoms with E-state index in [0.29, 0.717) is 17.5 Å². The van der Waals surface area contributed by atoms with E-state index in [2.05, 4.69) is 124 Å². The Labute approximate surface area is 298 Å². The van der Waals surface area contributed by atoms with Gasteiger partial charge in [-0.15, -0.1) is 0 Å². The first-order valence-electron chi connectivity index (χ1n) is 17.5. The fourth-order valence-electron chi connectivity index (χ4n) is 8.00. The maximum absolute atomic E-state index is 4.98. The van der Waals surface area contributed by atoms with Crippen molar-refractivity contribution in [2.75, 3.05) is 0 Å². The number of hydrogen-bond donors (Lipinski definition) is 0. The highest BCUT2D eigenvalue weighted by molar-refractivity contribution is 6.28. The molecule has 52 heavy (non-hydrogen) atoms. The predicted octanol–water partition coefficient (Wildman–Crippen LogP) is 11.7. The van der Waals surface area contributed by atoms with Crippen LogP contribution in [0, 0.1) is 0 Å². The Morgan fingerprint density at radius 3 is 1.50 bits per heavy atom. The zero-order chi connectivity index (χ0) is 34.2. The van der Waals surface area contributed by atoms with E-state index < -0.39 is 0 Å². The molecule has 242 valence electrons. The summed E-state index contributed by atoms with van der Waals surface area (Å²) in [4.78, 5) is 14.9. The average Bonchev–Trinajstić information content (AvgIpc) is 3.78. The molecule has 0 aliphatic carbocycles. The quantitative estimate of drug-likeness (QED) is 0.176. The number of nitrogens with zero attached hydrogens (tertiary/aromatic N) is 5. The van der Waals surface area contributed by atoms with Crippen molar-refractivity contribution >= 4 is 59.9 Å². The van der Waals surface area contributed by atoms with E-state index >= 15 is 0 Å². The minimum Gasteiger partial charge on any atom is -0.309 e. The van der Waals surface area contributed by atoms with Crippen LogP contribution in [0.3, 0.4) is 0 Å². The second kappa shape index (κ2) is 11.2. The van der Waals surface area contributed by atoms with Crippen LogP contribution in [0.2, 0.25) is 0 Å². The minimum atomic E-state index is 0.639. The molecule has 5 nitrogen and oxygen atoms in total. The van der Waals surface area contributed by atoms with Crippen molar-refractivity contribution in [2.24, 2.45) is 0 Å². The molecule has 7 aromatic carbocycles. The summed E-state index contributed by atoms with van der Waals surface area (Å²) in [6.45, 7) is 0. The topological polar surface area (TPSA) is 48.0 Å². The lowest BCUT2D eigenvalue weighted by Crippen LogP contribution is -2.00. The molecule has 0 aliphatic rings. The normalized spacial score (nSPS) is 11.8. The van der Waals surface area contributed by atoms with Crippen LogP contribution in [0.15, 0.2) is 176 Å². The Balaban J connectivity index is 1.17. The van der Waals surface area contributed by atoms with Gasteiger partial charge in [-0.05, 0) is 53.9 Å². The van der Waals surface area contributed by atoms with Crippen LogP contribution in [0.1, 0.15) is 0 Å². The fraction of sp³-hybridized carbons (Fsp3) is 0. The largest absolute Gasteiger partial charge is 0.309 e. The van der Waals surface area contributed by atoms with E-state index in [-0.39, 0.29) is 0 Å². The first-order chi connectivity index (χ1) is 25.8. The summed E-state index contributed by atoms with van der Waals surface area (Å²) >= 11 is 0. The van der Waals surface area contributed by atoms with Crippen molar-refractivity contribution in [2.45, 2.75) is 0 Å². The average molecular weight is 664 g/mol. The molecule has 0 radical (unpaired) electrons. The van der Waals surface area contributed by atoms with Gasteiger partial charge in [0.25, 0.3) is 0 Å². The molecular formula is C47H29N5. The van der Waals surface area contributed by atoms with Crippen LogP contribution < -0.4 is 0 Å². The van der Waals surface area contributed by atoms with Crippen LogP contribution in [0.5, 0.6) is 0 Å². The van der Waals surface area contributed by atoms with Crippen molar-refractivity contribution in [1.82, 2.24) is 23.9 Å². The summed E-state index contributed by atoms with van der Waals surface area (Å²) < 4.78 is 4.87. The summed E-state index contributed by atoms with van der Waals surface area (Å²) in [6.07, 6.45) is 0. The monoisotopic (exact) mass is 663 g/mol. The molecule has 0 saturated heterocycles. The van der Waals surface area contributed by atoms with Gasteiger partial charge in [-0.2, -0.15) is 0 Å². The molecule has 0 fully saturated rings. The van der Waals surface area contributed by atoms with E-state index in [4.69, 9.17) is 15.0 Å². The second-order valence-corrected chi connectivity index (χ2v) is 13.3. The van der Waals surface area contributed by atoms with Crippen molar-refractivity contribution in [3.8, 4) is 39.9 Å². The van der Waals surface area contributed by atoms with Gasteiger partial charge in [0.15, 0.2) is 17.5 Å². The van der Waals surface area contributed by atoms with E-state index in [1.165, 1.54) is 54.4 Å². The van der Waals surface area contributed by atoms with E-state index in [9.17, 15) is 0 Å².